The summed E-state index contributed by atoms with van der Waals surface area (Å²) in [4.78, 5) is 34.1. The van der Waals surface area contributed by atoms with E-state index >= 15 is 0 Å². The fourth-order valence-corrected chi connectivity index (χ4v) is 3.59. The third-order valence-corrected chi connectivity index (χ3v) is 5.03. The van der Waals surface area contributed by atoms with Crippen LogP contribution in [-0.4, -0.2) is 34.9 Å². The Bertz CT molecular complexity index is 988. The van der Waals surface area contributed by atoms with Crippen LogP contribution in [0.1, 0.15) is 35.4 Å². The molecule has 2 amide bonds. The van der Waals surface area contributed by atoms with Crippen LogP contribution >= 0.6 is 0 Å². The highest BCUT2D eigenvalue weighted by molar-refractivity contribution is 5.99. The molecule has 3 aromatic rings. The number of hydrogen-bond acceptors (Lipinski definition) is 4. The smallest absolute Gasteiger partial charge is 0.248 e. The maximum atomic E-state index is 12.6. The molecule has 144 valence electrons. The molecule has 1 aliphatic heterocycles. The normalized spacial score (nSPS) is 13.8. The quantitative estimate of drug-likeness (QED) is 0.614. The SMILES string of the molecule is NC(=O)c1ccc(N2CCCC2)c(NC(=O)CCc2nc3ccccc3[nH]2)c1. The summed E-state index contributed by atoms with van der Waals surface area (Å²) in [5.74, 6) is 0.148. The molecule has 2 aromatic carbocycles. The molecule has 0 saturated carbocycles. The lowest BCUT2D eigenvalue weighted by Crippen LogP contribution is -2.22. The van der Waals surface area contributed by atoms with Gasteiger partial charge in [0.05, 0.1) is 22.4 Å². The van der Waals surface area contributed by atoms with Gasteiger partial charge in [0, 0.05) is 31.5 Å². The highest BCUT2D eigenvalue weighted by Crippen LogP contribution is 2.30. The number of benzene rings is 2. The lowest BCUT2D eigenvalue weighted by molar-refractivity contribution is -0.116. The number of aromatic nitrogens is 2. The van der Waals surface area contributed by atoms with Crippen molar-refractivity contribution in [2.24, 2.45) is 5.73 Å². The first-order chi connectivity index (χ1) is 13.6. The van der Waals surface area contributed by atoms with Crippen molar-refractivity contribution in [2.75, 3.05) is 23.3 Å². The Morgan fingerprint density at radius 1 is 1.14 bits per heavy atom. The lowest BCUT2D eigenvalue weighted by atomic mass is 10.1. The number of aromatic amines is 1. The van der Waals surface area contributed by atoms with Crippen molar-refractivity contribution in [1.82, 2.24) is 9.97 Å². The van der Waals surface area contributed by atoms with Gasteiger partial charge in [-0.3, -0.25) is 9.59 Å². The minimum absolute atomic E-state index is 0.123. The number of carbonyl (C=O) groups is 2. The number of para-hydroxylation sites is 2. The van der Waals surface area contributed by atoms with E-state index in [9.17, 15) is 9.59 Å². The first-order valence-electron chi connectivity index (χ1n) is 9.52. The molecule has 7 heteroatoms. The summed E-state index contributed by atoms with van der Waals surface area (Å²) in [6.45, 7) is 1.88. The van der Waals surface area contributed by atoms with Gasteiger partial charge >= 0.3 is 0 Å². The number of nitrogens with two attached hydrogens (primary N) is 1. The number of H-pyrrole nitrogens is 1. The van der Waals surface area contributed by atoms with Crippen molar-refractivity contribution in [3.05, 3.63) is 53.9 Å². The van der Waals surface area contributed by atoms with E-state index in [-0.39, 0.29) is 5.91 Å². The summed E-state index contributed by atoms with van der Waals surface area (Å²) in [5, 5.41) is 2.96. The Hall–Kier alpha value is -3.35. The number of primary amides is 1. The highest BCUT2D eigenvalue weighted by atomic mass is 16.2. The molecule has 0 aliphatic carbocycles. The summed E-state index contributed by atoms with van der Waals surface area (Å²) < 4.78 is 0. The summed E-state index contributed by atoms with van der Waals surface area (Å²) in [6.07, 6.45) is 3.04. The fraction of sp³-hybridized carbons (Fsp3) is 0.286. The average Bonchev–Trinajstić information content (AvgIpc) is 3.35. The van der Waals surface area contributed by atoms with Gasteiger partial charge in [-0.05, 0) is 43.2 Å². The molecule has 0 radical (unpaired) electrons. The van der Waals surface area contributed by atoms with E-state index in [0.29, 0.717) is 24.1 Å². The molecule has 1 aromatic heterocycles. The second-order valence-electron chi connectivity index (χ2n) is 7.04. The summed E-state index contributed by atoms with van der Waals surface area (Å²) in [7, 11) is 0. The lowest BCUT2D eigenvalue weighted by Gasteiger charge is -2.22. The number of fused-ring (bicyclic) bond motifs is 1. The number of rotatable bonds is 6. The van der Waals surface area contributed by atoms with Gasteiger partial charge in [0.2, 0.25) is 11.8 Å². The molecule has 0 atom stereocenters. The van der Waals surface area contributed by atoms with Crippen LogP contribution in [0.4, 0.5) is 11.4 Å². The molecule has 1 fully saturated rings. The summed E-state index contributed by atoms with van der Waals surface area (Å²) in [6, 6.07) is 13.0. The van der Waals surface area contributed by atoms with Crippen molar-refractivity contribution in [3.63, 3.8) is 0 Å². The molecule has 2 heterocycles. The van der Waals surface area contributed by atoms with Gasteiger partial charge in [-0.25, -0.2) is 4.98 Å². The minimum Gasteiger partial charge on any atom is -0.370 e. The summed E-state index contributed by atoms with van der Waals surface area (Å²) in [5.41, 5.74) is 9.21. The van der Waals surface area contributed by atoms with Crippen LogP contribution in [0.2, 0.25) is 0 Å². The molecular formula is C21H23N5O2. The molecule has 7 nitrogen and oxygen atoms in total. The monoisotopic (exact) mass is 377 g/mol. The van der Waals surface area contributed by atoms with Gasteiger partial charge in [-0.15, -0.1) is 0 Å². The van der Waals surface area contributed by atoms with Gasteiger partial charge < -0.3 is 20.9 Å². The first-order valence-corrected chi connectivity index (χ1v) is 9.52. The van der Waals surface area contributed by atoms with Gasteiger partial charge in [0.1, 0.15) is 5.82 Å². The van der Waals surface area contributed by atoms with E-state index in [2.05, 4.69) is 20.2 Å². The van der Waals surface area contributed by atoms with E-state index in [1.807, 2.05) is 30.3 Å². The third-order valence-electron chi connectivity index (χ3n) is 5.03. The van der Waals surface area contributed by atoms with Gasteiger partial charge in [-0.1, -0.05) is 12.1 Å². The van der Waals surface area contributed by atoms with Crippen molar-refractivity contribution in [2.45, 2.75) is 25.7 Å². The number of aryl methyl sites for hydroxylation is 1. The molecular weight excluding hydrogens is 354 g/mol. The van der Waals surface area contributed by atoms with Gasteiger partial charge in [-0.2, -0.15) is 0 Å². The van der Waals surface area contributed by atoms with Crippen LogP contribution in [0.15, 0.2) is 42.5 Å². The average molecular weight is 377 g/mol. The number of carbonyl (C=O) groups excluding carboxylic acids is 2. The minimum atomic E-state index is -0.509. The number of imidazole rings is 1. The van der Waals surface area contributed by atoms with E-state index in [0.717, 1.165) is 48.5 Å². The summed E-state index contributed by atoms with van der Waals surface area (Å²) >= 11 is 0. The molecule has 0 bridgehead atoms. The molecule has 4 rings (SSSR count). The zero-order valence-electron chi connectivity index (χ0n) is 15.6. The van der Waals surface area contributed by atoms with Crippen molar-refractivity contribution >= 4 is 34.2 Å². The van der Waals surface area contributed by atoms with Crippen LogP contribution < -0.4 is 16.0 Å². The molecule has 1 saturated heterocycles. The number of hydrogen-bond donors (Lipinski definition) is 3. The Labute approximate surface area is 162 Å². The zero-order chi connectivity index (χ0) is 19.5. The van der Waals surface area contributed by atoms with E-state index in [1.165, 1.54) is 0 Å². The second-order valence-corrected chi connectivity index (χ2v) is 7.04. The second kappa shape index (κ2) is 7.72. The Balaban J connectivity index is 1.47. The Kier molecular flexibility index (Phi) is 4.97. The molecule has 0 spiro atoms. The van der Waals surface area contributed by atoms with Crippen molar-refractivity contribution in [3.8, 4) is 0 Å². The van der Waals surface area contributed by atoms with Crippen LogP contribution in [0.5, 0.6) is 0 Å². The van der Waals surface area contributed by atoms with Gasteiger partial charge in [0.15, 0.2) is 0 Å². The van der Waals surface area contributed by atoms with E-state index < -0.39 is 5.91 Å². The molecule has 28 heavy (non-hydrogen) atoms. The maximum Gasteiger partial charge on any atom is 0.248 e. The molecule has 1 aliphatic rings. The van der Waals surface area contributed by atoms with Gasteiger partial charge in [0.25, 0.3) is 0 Å². The maximum absolute atomic E-state index is 12.6. The zero-order valence-corrected chi connectivity index (χ0v) is 15.6. The molecule has 4 N–H and O–H groups in total. The van der Waals surface area contributed by atoms with E-state index in [1.54, 1.807) is 12.1 Å². The molecule has 0 unspecified atom stereocenters. The Morgan fingerprint density at radius 2 is 1.93 bits per heavy atom. The van der Waals surface area contributed by atoms with Crippen LogP contribution in [0.25, 0.3) is 11.0 Å². The predicted molar refractivity (Wildman–Crippen MR) is 109 cm³/mol. The van der Waals surface area contributed by atoms with Crippen LogP contribution in [-0.2, 0) is 11.2 Å². The van der Waals surface area contributed by atoms with Crippen molar-refractivity contribution < 1.29 is 9.59 Å². The number of nitrogens with zero attached hydrogens (tertiary/aromatic N) is 2. The highest BCUT2D eigenvalue weighted by Gasteiger charge is 2.18. The van der Waals surface area contributed by atoms with Crippen molar-refractivity contribution in [1.29, 1.82) is 0 Å². The Morgan fingerprint density at radius 3 is 2.68 bits per heavy atom. The van der Waals surface area contributed by atoms with Crippen LogP contribution in [0.3, 0.4) is 0 Å². The number of anilines is 2. The standard InChI is InChI=1S/C21H23N5O2/c22-21(28)14-7-8-18(26-11-3-4-12-26)17(13-14)25-20(27)10-9-19-23-15-5-1-2-6-16(15)24-19/h1-2,5-8,13H,3-4,9-12H2,(H2,22,28)(H,23,24)(H,25,27). The predicted octanol–water partition coefficient (Wildman–Crippen LogP) is 2.83. The largest absolute Gasteiger partial charge is 0.370 e. The topological polar surface area (TPSA) is 104 Å². The van der Waals surface area contributed by atoms with Crippen LogP contribution in [0, 0.1) is 0 Å². The van der Waals surface area contributed by atoms with E-state index in [4.69, 9.17) is 5.73 Å². The number of amides is 2. The number of nitrogens with one attached hydrogen (secondary N) is 2. The third kappa shape index (κ3) is 3.83. The first kappa shape index (κ1) is 18.0. The fourth-order valence-electron chi connectivity index (χ4n) is 3.59.